The van der Waals surface area contributed by atoms with Gasteiger partial charge in [-0.3, -0.25) is 28.8 Å². The lowest BCUT2D eigenvalue weighted by molar-refractivity contribution is -0.134. The number of carboxylic acids is 6. The normalized spacial score (nSPS) is 8.31. The molecule has 270 valence electrons. The maximum Gasteiger partial charge on any atom is 0.313 e. The van der Waals surface area contributed by atoms with E-state index in [4.69, 9.17) is 51.1 Å². The predicted molar refractivity (Wildman–Crippen MR) is 181 cm³/mol. The highest BCUT2D eigenvalue weighted by atomic mass is 32.1. The predicted octanol–water partition coefficient (Wildman–Crippen LogP) is -1.89. The number of aldehydes is 2. The quantitative estimate of drug-likeness (QED) is 0.0552. The third-order valence-corrected chi connectivity index (χ3v) is 4.18. The highest BCUT2D eigenvalue weighted by Crippen LogP contribution is 2.11. The van der Waals surface area contributed by atoms with E-state index in [2.05, 4.69) is 75.8 Å². The molecule has 0 unspecified atom stereocenters. The fourth-order valence-corrected chi connectivity index (χ4v) is 0.436. The number of rotatable bonds is 13. The van der Waals surface area contributed by atoms with Crippen LogP contribution in [0.1, 0.15) is 12.8 Å². The average molecular weight is 775 g/mol. The molecule has 18 nitrogen and oxygen atoms in total. The molecule has 0 fully saturated rings. The van der Waals surface area contributed by atoms with E-state index >= 15 is 0 Å². The van der Waals surface area contributed by atoms with Crippen LogP contribution in [0, 0.1) is 5.41 Å². The minimum Gasteiger partial charge on any atom is -0.481 e. The van der Waals surface area contributed by atoms with Crippen LogP contribution in [0.5, 0.6) is 0 Å². The molecule has 0 amide bonds. The van der Waals surface area contributed by atoms with E-state index < -0.39 is 67.7 Å². The maximum absolute atomic E-state index is 9.40. The smallest absolute Gasteiger partial charge is 0.313 e. The third-order valence-electron chi connectivity index (χ3n) is 2.56. The van der Waals surface area contributed by atoms with Crippen molar-refractivity contribution in [2.24, 2.45) is 5.41 Å². The summed E-state index contributed by atoms with van der Waals surface area (Å²) in [6.07, 6.45) is 2.19. The molecule has 0 aliphatic rings. The molecular weight excluding hydrogens is 733 g/mol. The van der Waals surface area contributed by atoms with Crippen LogP contribution < -0.4 is 0 Å². The molecule has 0 heterocycles. The molecule has 0 rings (SSSR count). The summed E-state index contributed by atoms with van der Waals surface area (Å²) in [4.78, 5) is 74.6. The molecule has 0 atom stereocenters. The van der Waals surface area contributed by atoms with E-state index in [-0.39, 0.29) is 34.5 Å². The van der Waals surface area contributed by atoms with Gasteiger partial charge in [-0.1, -0.05) is 0 Å². The Morgan fingerprint density at radius 3 is 0.533 bits per heavy atom. The molecule has 24 heteroatoms. The lowest BCUT2D eigenvalue weighted by atomic mass is 9.93. The topological polar surface area (TPSA) is 339 Å². The lowest BCUT2D eigenvalue weighted by Crippen LogP contribution is -2.37. The van der Waals surface area contributed by atoms with Crippen molar-refractivity contribution in [3.8, 4) is 0 Å². The number of thiol groups is 6. The number of carboxylic acid groups (broad SMARTS) is 6. The van der Waals surface area contributed by atoms with Crippen LogP contribution in [-0.4, -0.2) is 160 Å². The van der Waals surface area contributed by atoms with E-state index in [0.717, 1.165) is 12.6 Å². The van der Waals surface area contributed by atoms with Crippen LogP contribution in [0.3, 0.4) is 0 Å². The van der Waals surface area contributed by atoms with Gasteiger partial charge in [0.05, 0.1) is 66.4 Å². The van der Waals surface area contributed by atoms with Gasteiger partial charge in [-0.05, 0) is 0 Å². The van der Waals surface area contributed by atoms with Gasteiger partial charge >= 0.3 is 35.8 Å². The van der Waals surface area contributed by atoms with Gasteiger partial charge in [0.15, 0.2) is 0 Å². The molecular formula is C21H42O18S6. The minimum atomic E-state index is -1.11. The summed E-state index contributed by atoms with van der Waals surface area (Å²) in [5.41, 5.74) is -1.11. The Morgan fingerprint density at radius 1 is 0.400 bits per heavy atom. The van der Waals surface area contributed by atoms with Crippen LogP contribution in [0.2, 0.25) is 0 Å². The summed E-state index contributed by atoms with van der Waals surface area (Å²) in [6, 6.07) is 0. The maximum atomic E-state index is 9.40. The first-order valence-electron chi connectivity index (χ1n) is 11.1. The number of unbranched alkanes of at least 4 members (excludes halogenated alkanes) is 1. The summed E-state index contributed by atoms with van der Waals surface area (Å²) in [7, 11) is 0. The van der Waals surface area contributed by atoms with Gasteiger partial charge in [0.2, 0.25) is 0 Å². The van der Waals surface area contributed by atoms with Crippen molar-refractivity contribution in [2.45, 2.75) is 12.8 Å². The number of carbonyl (C=O) groups is 8. The molecule has 0 saturated heterocycles. The Hall–Kier alpha value is -1.90. The molecule has 10 N–H and O–H groups in total. The summed E-state index contributed by atoms with van der Waals surface area (Å²) >= 11 is 20.5. The number of carbonyl (C=O) groups excluding carboxylic acids is 2. The first-order chi connectivity index (χ1) is 20.8. The van der Waals surface area contributed by atoms with Crippen LogP contribution in [0.25, 0.3) is 0 Å². The van der Waals surface area contributed by atoms with Crippen LogP contribution in [0.4, 0.5) is 0 Å². The van der Waals surface area contributed by atoms with Gasteiger partial charge in [0, 0.05) is 12.8 Å². The van der Waals surface area contributed by atoms with Crippen LogP contribution >= 0.6 is 75.8 Å². The summed E-state index contributed by atoms with van der Waals surface area (Å²) in [5.74, 6) is -5.79. The molecule has 45 heavy (non-hydrogen) atoms. The SMILES string of the molecule is O=C(O)CS.O=C(O)CS.O=C(O)CS.O=C(O)CS.O=C(O)CS.O=C(O)CS.O=CCCC=O.OCC(CO)(CO)CO. The first kappa shape index (κ1) is 62.0. The first-order valence-corrected chi connectivity index (χ1v) is 14.8. The van der Waals surface area contributed by atoms with E-state index in [9.17, 15) is 38.4 Å². The van der Waals surface area contributed by atoms with Gasteiger partial charge in [0.25, 0.3) is 0 Å². The molecule has 0 aromatic rings. The summed E-state index contributed by atoms with van der Waals surface area (Å²) in [6.45, 7) is -1.62. The minimum absolute atomic E-state index is 0.0833. The van der Waals surface area contributed by atoms with Gasteiger partial charge in [0.1, 0.15) is 12.6 Å². The second-order valence-electron chi connectivity index (χ2n) is 6.35. The van der Waals surface area contributed by atoms with Crippen molar-refractivity contribution in [3.63, 3.8) is 0 Å². The van der Waals surface area contributed by atoms with Crippen molar-refractivity contribution in [1.29, 1.82) is 0 Å². The molecule has 0 aliphatic carbocycles. The Bertz CT molecular complexity index is 605. The van der Waals surface area contributed by atoms with E-state index in [1.807, 2.05) is 0 Å². The fourth-order valence-electron chi connectivity index (χ4n) is 0.436. The highest BCUT2D eigenvalue weighted by Gasteiger charge is 2.26. The van der Waals surface area contributed by atoms with Crippen molar-refractivity contribution < 1.29 is 89.4 Å². The van der Waals surface area contributed by atoms with Crippen molar-refractivity contribution in [2.75, 3.05) is 60.9 Å². The molecule has 0 aromatic carbocycles. The Kier molecular flexibility index (Phi) is 75.2. The van der Waals surface area contributed by atoms with Crippen LogP contribution in [-0.2, 0) is 38.4 Å². The molecule has 0 saturated carbocycles. The summed E-state index contributed by atoms with van der Waals surface area (Å²) < 4.78 is 0. The van der Waals surface area contributed by atoms with Gasteiger partial charge in [-0.2, -0.15) is 75.8 Å². The molecule has 0 spiro atoms. The number of aliphatic hydroxyl groups excluding tert-OH is 4. The molecule has 0 aromatic heterocycles. The number of hydrogen-bond donors (Lipinski definition) is 16. The average Bonchev–Trinajstić information content (AvgIpc) is 3.03. The Balaban J connectivity index is -0.0000000586. The van der Waals surface area contributed by atoms with Gasteiger partial charge < -0.3 is 60.7 Å². The lowest BCUT2D eigenvalue weighted by Gasteiger charge is -2.23. The third kappa shape index (κ3) is 107. The summed E-state index contributed by atoms with van der Waals surface area (Å²) in [5, 5.41) is 79.9. The number of hydrogen-bond acceptors (Lipinski definition) is 18. The van der Waals surface area contributed by atoms with E-state index in [1.54, 1.807) is 0 Å². The molecule has 0 aliphatic heterocycles. The zero-order valence-electron chi connectivity index (χ0n) is 23.6. The standard InChI is InChI=1S/C5H12O4.C4H6O2.6C2H4O2S/c6-1-5(2-7,3-8)4-9;5-3-1-2-4-6;6*3-2(4)1-5/h6-9H,1-4H2;3-4H,1-2H2;6*5H,1H2,(H,3,4). The Morgan fingerprint density at radius 2 is 0.511 bits per heavy atom. The second kappa shape index (κ2) is 54.6. The van der Waals surface area contributed by atoms with E-state index in [1.165, 1.54) is 0 Å². The van der Waals surface area contributed by atoms with Gasteiger partial charge in [-0.15, -0.1) is 0 Å². The monoisotopic (exact) mass is 774 g/mol. The number of aliphatic carboxylic acids is 6. The zero-order chi connectivity index (χ0) is 37.9. The number of aliphatic hydroxyl groups is 4. The Labute approximate surface area is 291 Å². The van der Waals surface area contributed by atoms with Crippen LogP contribution in [0.15, 0.2) is 0 Å². The van der Waals surface area contributed by atoms with Crippen molar-refractivity contribution in [1.82, 2.24) is 0 Å². The van der Waals surface area contributed by atoms with E-state index in [0.29, 0.717) is 12.8 Å². The second-order valence-corrected chi connectivity index (χ2v) is 8.25. The fraction of sp³-hybridized carbons (Fsp3) is 0.619. The molecule has 0 bridgehead atoms. The van der Waals surface area contributed by atoms with Crippen molar-refractivity contribution >= 4 is 124 Å². The highest BCUT2D eigenvalue weighted by molar-refractivity contribution is 7.81. The van der Waals surface area contributed by atoms with Gasteiger partial charge in [-0.25, -0.2) is 0 Å². The largest absolute Gasteiger partial charge is 0.481 e. The molecule has 0 radical (unpaired) electrons. The van der Waals surface area contributed by atoms with Crippen molar-refractivity contribution in [3.05, 3.63) is 0 Å². The zero-order valence-corrected chi connectivity index (χ0v) is 28.9.